The number of hydrogen-bond acceptors (Lipinski definition) is 16. The number of carbonyl (C=O) groups is 2. The van der Waals surface area contributed by atoms with E-state index in [1.54, 1.807) is 0 Å². The van der Waals surface area contributed by atoms with E-state index in [9.17, 15) is 49.4 Å². The van der Waals surface area contributed by atoms with Crippen LogP contribution in [0, 0.1) is 0 Å². The number of carbonyl (C=O) groups excluding carboxylic acids is 1. The van der Waals surface area contributed by atoms with Gasteiger partial charge in [-0.1, -0.05) is 0 Å². The average Bonchev–Trinajstić information content (AvgIpc) is 3.16. The predicted octanol–water partition coefficient (Wildman–Crippen LogP) is -5.27. The number of aliphatic carboxylic acids is 1. The first-order valence-corrected chi connectivity index (χ1v) is 13.5. The minimum absolute atomic E-state index is 0.109. The quantitative estimate of drug-likeness (QED) is 0.0776. The summed E-state index contributed by atoms with van der Waals surface area (Å²) in [7, 11) is -5.11. The van der Waals surface area contributed by atoms with E-state index in [2.05, 4.69) is 10.3 Å². The van der Waals surface area contributed by atoms with Gasteiger partial charge in [0.15, 0.2) is 12.5 Å². The van der Waals surface area contributed by atoms with Crippen LogP contribution in [0.15, 0.2) is 17.1 Å². The van der Waals surface area contributed by atoms with Crippen LogP contribution in [0.1, 0.15) is 19.1 Å². The zero-order valence-electron chi connectivity index (χ0n) is 21.0. The number of aliphatic hydroxyl groups is 6. The Labute approximate surface area is 230 Å². The van der Waals surface area contributed by atoms with Gasteiger partial charge in [-0.3, -0.25) is 23.2 Å². The van der Waals surface area contributed by atoms with Crippen molar-refractivity contribution >= 4 is 25.5 Å². The van der Waals surface area contributed by atoms with Gasteiger partial charge < -0.3 is 61.2 Å². The van der Waals surface area contributed by atoms with E-state index < -0.39 is 113 Å². The van der Waals surface area contributed by atoms with Gasteiger partial charge in [0, 0.05) is 12.6 Å². The van der Waals surface area contributed by atoms with Crippen molar-refractivity contribution in [1.82, 2.24) is 14.9 Å². The van der Waals surface area contributed by atoms with Gasteiger partial charge in [-0.05, 0) is 6.07 Å². The normalized spacial score (nSPS) is 33.0. The number of carboxylic acids is 1. The minimum Gasteiger partial charge on any atom is -0.481 e. The molecule has 11 N–H and O–H groups in total. The number of amides is 1. The standard InChI is InChI=1S/C20H31N4O16P/c21-10-1-2-24(20(34)22-10)19-17(33)16(32)9(38-19)6-37-41(35,36)40-13-3-7(26)14(23-11(28)4-12(29)30)18(39-13)15(31)8(27)5-25/h1-2,7-9,13-19,25-27,31-33H,3-6H2,(H,23,28)(H,29,30)(H,35,36)(H2,21,22,34)/t7-,8-,9?,13+,14-,15-,16-,17-,18?,19?/m1/s1. The molecule has 1 aromatic heterocycles. The fraction of sp³-hybridized carbons (Fsp3) is 0.700. The van der Waals surface area contributed by atoms with Gasteiger partial charge in [-0.15, -0.1) is 0 Å². The lowest BCUT2D eigenvalue weighted by atomic mass is 9.92. The van der Waals surface area contributed by atoms with E-state index >= 15 is 0 Å². The maximum absolute atomic E-state index is 12.6. The van der Waals surface area contributed by atoms with Crippen LogP contribution in [-0.2, 0) is 32.7 Å². The van der Waals surface area contributed by atoms with Crippen LogP contribution in [-0.4, -0.2) is 130 Å². The first-order chi connectivity index (χ1) is 19.1. The van der Waals surface area contributed by atoms with Crippen molar-refractivity contribution in [3.05, 3.63) is 22.7 Å². The zero-order chi connectivity index (χ0) is 30.6. The molecular weight excluding hydrogens is 583 g/mol. The Morgan fingerprint density at radius 1 is 1.24 bits per heavy atom. The van der Waals surface area contributed by atoms with Crippen molar-refractivity contribution in [2.45, 2.75) is 74.1 Å². The molecule has 0 spiro atoms. The number of nitrogens with zero attached hydrogens (tertiary/aromatic N) is 2. The van der Waals surface area contributed by atoms with Crippen molar-refractivity contribution in [3.8, 4) is 0 Å². The maximum atomic E-state index is 12.6. The van der Waals surface area contributed by atoms with E-state index in [1.165, 1.54) is 6.07 Å². The molecule has 232 valence electrons. The third-order valence-electron chi connectivity index (χ3n) is 6.18. The number of nitrogens with one attached hydrogen (secondary N) is 1. The number of aromatic nitrogens is 2. The highest BCUT2D eigenvalue weighted by Crippen LogP contribution is 2.47. The highest BCUT2D eigenvalue weighted by atomic mass is 31.2. The SMILES string of the molecule is Nc1ccn(C2OC(COP(=O)(O)O[C@H]3C[C@@H](O)[C@@H](NC(=O)CC(=O)O)C([C@H](O)[C@H](O)CO)O3)[C@@H](O)[C@H]2O)c(=O)n1. The molecule has 21 heteroatoms. The zero-order valence-corrected chi connectivity index (χ0v) is 21.9. The number of carboxylic acid groups (broad SMARTS) is 1. The number of hydrogen-bond donors (Lipinski definition) is 10. The van der Waals surface area contributed by atoms with Crippen LogP contribution in [0.4, 0.5) is 5.82 Å². The first kappa shape index (κ1) is 32.9. The fourth-order valence-electron chi connectivity index (χ4n) is 4.18. The molecule has 2 aliphatic heterocycles. The Bertz CT molecular complexity index is 1190. The third kappa shape index (κ3) is 8.25. The maximum Gasteiger partial charge on any atom is 0.474 e. The number of ether oxygens (including phenoxy) is 2. The fourth-order valence-corrected chi connectivity index (χ4v) is 5.01. The summed E-state index contributed by atoms with van der Waals surface area (Å²) in [5.74, 6) is -2.71. The highest BCUT2D eigenvalue weighted by Gasteiger charge is 2.48. The van der Waals surface area contributed by atoms with Gasteiger partial charge in [0.2, 0.25) is 5.91 Å². The molecule has 3 rings (SSSR count). The lowest BCUT2D eigenvalue weighted by Crippen LogP contribution is -2.63. The van der Waals surface area contributed by atoms with Crippen LogP contribution in [0.2, 0.25) is 0 Å². The number of anilines is 1. The van der Waals surface area contributed by atoms with Crippen LogP contribution in [0.5, 0.6) is 0 Å². The van der Waals surface area contributed by atoms with Gasteiger partial charge in [-0.25, -0.2) is 9.36 Å². The Kier molecular flexibility index (Phi) is 10.9. The summed E-state index contributed by atoms with van der Waals surface area (Å²) in [4.78, 5) is 48.4. The summed E-state index contributed by atoms with van der Waals surface area (Å²) in [6.07, 6.45) is -15.9. The Morgan fingerprint density at radius 2 is 1.93 bits per heavy atom. The molecule has 1 amide bonds. The summed E-state index contributed by atoms with van der Waals surface area (Å²) in [6.45, 7) is -1.85. The summed E-state index contributed by atoms with van der Waals surface area (Å²) >= 11 is 0. The van der Waals surface area contributed by atoms with Crippen LogP contribution in [0.3, 0.4) is 0 Å². The van der Waals surface area contributed by atoms with Crippen molar-refractivity contribution in [2.24, 2.45) is 0 Å². The van der Waals surface area contributed by atoms with E-state index in [-0.39, 0.29) is 5.82 Å². The molecule has 20 nitrogen and oxygen atoms in total. The smallest absolute Gasteiger partial charge is 0.474 e. The number of aliphatic hydroxyl groups excluding tert-OH is 6. The second-order valence-corrected chi connectivity index (χ2v) is 10.6. The van der Waals surface area contributed by atoms with Gasteiger partial charge in [0.1, 0.15) is 48.9 Å². The number of phosphoric ester groups is 1. The van der Waals surface area contributed by atoms with E-state index in [4.69, 9.17) is 34.5 Å². The van der Waals surface area contributed by atoms with E-state index in [0.29, 0.717) is 0 Å². The van der Waals surface area contributed by atoms with Gasteiger partial charge in [0.25, 0.3) is 0 Å². The third-order valence-corrected chi connectivity index (χ3v) is 7.16. The largest absolute Gasteiger partial charge is 0.481 e. The van der Waals surface area contributed by atoms with Crippen molar-refractivity contribution < 1.29 is 73.3 Å². The van der Waals surface area contributed by atoms with E-state index in [1.807, 2.05) is 0 Å². The molecule has 11 atom stereocenters. The van der Waals surface area contributed by atoms with E-state index in [0.717, 1.165) is 10.8 Å². The molecule has 0 bridgehead atoms. The molecule has 41 heavy (non-hydrogen) atoms. The van der Waals surface area contributed by atoms with Crippen LogP contribution in [0.25, 0.3) is 0 Å². The van der Waals surface area contributed by atoms with Crippen molar-refractivity contribution in [3.63, 3.8) is 0 Å². The number of nitrogens with two attached hydrogens (primary N) is 1. The van der Waals surface area contributed by atoms with Gasteiger partial charge in [0.05, 0.1) is 25.4 Å². The number of nitrogen functional groups attached to an aromatic ring is 1. The molecule has 2 fully saturated rings. The lowest BCUT2D eigenvalue weighted by molar-refractivity contribution is -0.232. The van der Waals surface area contributed by atoms with Gasteiger partial charge in [-0.2, -0.15) is 4.98 Å². The Balaban J connectivity index is 1.66. The molecule has 0 aliphatic carbocycles. The van der Waals surface area contributed by atoms with Crippen LogP contribution < -0.4 is 16.7 Å². The lowest BCUT2D eigenvalue weighted by Gasteiger charge is -2.42. The Hall–Kier alpha value is -2.59. The second-order valence-electron chi connectivity index (χ2n) is 9.20. The molecule has 4 unspecified atom stereocenters. The molecular formula is C20H31N4O16P. The van der Waals surface area contributed by atoms with Gasteiger partial charge >= 0.3 is 19.5 Å². The Morgan fingerprint density at radius 3 is 2.54 bits per heavy atom. The average molecular weight is 614 g/mol. The molecule has 0 saturated carbocycles. The monoisotopic (exact) mass is 614 g/mol. The summed E-state index contributed by atoms with van der Waals surface area (Å²) in [6, 6.07) is -0.308. The second kappa shape index (κ2) is 13.6. The summed E-state index contributed by atoms with van der Waals surface area (Å²) in [5.41, 5.74) is 4.51. The first-order valence-electron chi connectivity index (χ1n) is 12.0. The summed E-state index contributed by atoms with van der Waals surface area (Å²) in [5, 5.41) is 71.4. The molecule has 0 radical (unpaired) electrons. The highest BCUT2D eigenvalue weighted by molar-refractivity contribution is 7.47. The molecule has 0 aromatic carbocycles. The van der Waals surface area contributed by atoms with Crippen molar-refractivity contribution in [2.75, 3.05) is 18.9 Å². The predicted molar refractivity (Wildman–Crippen MR) is 128 cm³/mol. The molecule has 3 heterocycles. The molecule has 1 aromatic rings. The molecule has 2 saturated heterocycles. The van der Waals surface area contributed by atoms with Crippen LogP contribution >= 0.6 is 7.82 Å². The number of phosphoric acid groups is 1. The molecule has 2 aliphatic rings. The summed E-state index contributed by atoms with van der Waals surface area (Å²) < 4.78 is 33.9. The topological polar surface area (TPSA) is 323 Å². The number of rotatable bonds is 12. The van der Waals surface area contributed by atoms with Crippen molar-refractivity contribution in [1.29, 1.82) is 0 Å². The minimum atomic E-state index is -5.11.